The lowest BCUT2D eigenvalue weighted by atomic mass is 10.1. The quantitative estimate of drug-likeness (QED) is 0.629. The maximum atomic E-state index is 6.47. The second-order valence-corrected chi connectivity index (χ2v) is 6.11. The van der Waals surface area contributed by atoms with Gasteiger partial charge in [0.15, 0.2) is 27.8 Å². The number of halogens is 3. The molecule has 12 heteroatoms. The second-order valence-electron chi connectivity index (χ2n) is 5.00. The average molecular weight is 420 g/mol. The first-order valence-corrected chi connectivity index (χ1v) is 8.24. The molecule has 3 rings (SSSR count). The van der Waals surface area contributed by atoms with Gasteiger partial charge >= 0.3 is 0 Å². The molecule has 0 aliphatic heterocycles. The first-order chi connectivity index (χ1) is 12.4. The number of nitrogens with zero attached hydrogens (tertiary/aromatic N) is 5. The van der Waals surface area contributed by atoms with Gasteiger partial charge in [0.25, 0.3) is 0 Å². The minimum atomic E-state index is -0.00636. The van der Waals surface area contributed by atoms with E-state index in [1.165, 1.54) is 26.0 Å². The first-order valence-electron chi connectivity index (χ1n) is 7.10. The molecule has 0 saturated carbocycles. The van der Waals surface area contributed by atoms with E-state index in [1.807, 2.05) is 0 Å². The lowest BCUT2D eigenvalue weighted by Crippen LogP contribution is -2.08. The van der Waals surface area contributed by atoms with Gasteiger partial charge in [-0.1, -0.05) is 40.0 Å². The van der Waals surface area contributed by atoms with Crippen LogP contribution >= 0.6 is 34.8 Å². The Balaban J connectivity index is 2.20. The van der Waals surface area contributed by atoms with E-state index >= 15 is 0 Å². The monoisotopic (exact) mass is 418 g/mol. The molecule has 2 heterocycles. The number of ether oxygens (including phenoxy) is 3. The van der Waals surface area contributed by atoms with E-state index in [0.717, 1.165) is 0 Å². The highest BCUT2D eigenvalue weighted by atomic mass is 35.5. The number of hydrogen-bond donors (Lipinski definition) is 1. The van der Waals surface area contributed by atoms with Crippen LogP contribution in [0.3, 0.4) is 0 Å². The van der Waals surface area contributed by atoms with E-state index in [9.17, 15) is 0 Å². The fraction of sp³-hybridized carbons (Fsp3) is 0.286. The Hall–Kier alpha value is -2.23. The molecule has 0 bridgehead atoms. The molecule has 0 spiro atoms. The van der Waals surface area contributed by atoms with Gasteiger partial charge in [-0.15, -0.1) is 5.10 Å². The maximum Gasteiger partial charge on any atom is 0.223 e. The molecule has 0 fully saturated rings. The number of hydrogen-bond acceptors (Lipinski definition) is 8. The Kier molecular flexibility index (Phi) is 5.12. The van der Waals surface area contributed by atoms with Gasteiger partial charge < -0.3 is 19.9 Å². The highest BCUT2D eigenvalue weighted by Gasteiger charge is 2.26. The number of nitrogen functional groups attached to an aromatic ring is 1. The second kappa shape index (κ2) is 7.18. The van der Waals surface area contributed by atoms with Gasteiger partial charge in [0.05, 0.1) is 37.9 Å². The van der Waals surface area contributed by atoms with Gasteiger partial charge in [-0.25, -0.2) is 4.68 Å². The highest BCUT2D eigenvalue weighted by molar-refractivity contribution is 6.38. The fourth-order valence-corrected chi connectivity index (χ4v) is 3.35. The average Bonchev–Trinajstić information content (AvgIpc) is 3.01. The number of fused-ring (bicyclic) bond motifs is 1. The summed E-state index contributed by atoms with van der Waals surface area (Å²) in [7, 11) is 4.37. The molecule has 138 valence electrons. The van der Waals surface area contributed by atoms with Crippen LogP contribution in [0.4, 0.5) is 5.95 Å². The van der Waals surface area contributed by atoms with Crippen LogP contribution in [-0.4, -0.2) is 46.3 Å². The van der Waals surface area contributed by atoms with E-state index in [0.29, 0.717) is 16.7 Å². The molecule has 1 aromatic carbocycles. The third-order valence-corrected chi connectivity index (χ3v) is 4.66. The molecule has 0 radical (unpaired) electrons. The van der Waals surface area contributed by atoms with Crippen LogP contribution in [0.25, 0.3) is 11.2 Å². The van der Waals surface area contributed by atoms with Crippen molar-refractivity contribution in [3.63, 3.8) is 0 Å². The van der Waals surface area contributed by atoms with Gasteiger partial charge in [0.1, 0.15) is 0 Å². The number of aromatic nitrogens is 5. The predicted octanol–water partition coefficient (Wildman–Crippen LogP) is 2.84. The van der Waals surface area contributed by atoms with E-state index in [4.69, 9.17) is 54.7 Å². The smallest absolute Gasteiger partial charge is 0.223 e. The Labute approximate surface area is 162 Å². The topological polar surface area (TPSA) is 110 Å². The minimum Gasteiger partial charge on any atom is -0.491 e. The summed E-state index contributed by atoms with van der Waals surface area (Å²) in [6.07, 6.45) is 0. The molecule has 9 nitrogen and oxygen atoms in total. The summed E-state index contributed by atoms with van der Waals surface area (Å²) in [6.45, 7) is 0.109. The predicted molar refractivity (Wildman–Crippen MR) is 97.8 cm³/mol. The Morgan fingerprint density at radius 1 is 0.923 bits per heavy atom. The summed E-state index contributed by atoms with van der Waals surface area (Å²) in [5, 5.41) is 8.57. The molecule has 0 aliphatic rings. The fourth-order valence-electron chi connectivity index (χ4n) is 2.46. The van der Waals surface area contributed by atoms with Crippen LogP contribution in [0.5, 0.6) is 17.2 Å². The summed E-state index contributed by atoms with van der Waals surface area (Å²) in [4.78, 5) is 7.96. The Bertz CT molecular complexity index is 963. The van der Waals surface area contributed by atoms with Crippen molar-refractivity contribution in [1.82, 2.24) is 25.0 Å². The summed E-state index contributed by atoms with van der Waals surface area (Å²) < 4.78 is 17.4. The molecule has 0 aliphatic carbocycles. The van der Waals surface area contributed by atoms with Gasteiger partial charge in [0.2, 0.25) is 11.7 Å². The van der Waals surface area contributed by atoms with Crippen molar-refractivity contribution in [3.05, 3.63) is 20.8 Å². The molecule has 3 aromatic rings. The Morgan fingerprint density at radius 3 is 2.04 bits per heavy atom. The molecule has 0 unspecified atom stereocenters. The van der Waals surface area contributed by atoms with E-state index in [-0.39, 0.29) is 44.9 Å². The van der Waals surface area contributed by atoms with Crippen LogP contribution < -0.4 is 19.9 Å². The van der Waals surface area contributed by atoms with Gasteiger partial charge in [0, 0.05) is 5.56 Å². The van der Waals surface area contributed by atoms with E-state index < -0.39 is 0 Å². The molecule has 26 heavy (non-hydrogen) atoms. The lowest BCUT2D eigenvalue weighted by Gasteiger charge is -2.18. The Morgan fingerprint density at radius 2 is 1.50 bits per heavy atom. The van der Waals surface area contributed by atoms with Crippen molar-refractivity contribution in [2.75, 3.05) is 27.1 Å². The molecule has 2 N–H and O–H groups in total. The van der Waals surface area contributed by atoms with Gasteiger partial charge in [-0.2, -0.15) is 9.97 Å². The van der Waals surface area contributed by atoms with Crippen LogP contribution in [0, 0.1) is 0 Å². The SMILES string of the molecule is COc1c(Cl)c(Cn2nnc3c(Cl)nc(N)nc32)c(Cl)c(OC)c1OC. The van der Waals surface area contributed by atoms with Crippen LogP contribution in [-0.2, 0) is 6.54 Å². The van der Waals surface area contributed by atoms with Crippen LogP contribution in [0.15, 0.2) is 0 Å². The molecule has 0 amide bonds. The van der Waals surface area contributed by atoms with Crippen molar-refractivity contribution in [1.29, 1.82) is 0 Å². The summed E-state index contributed by atoms with van der Waals surface area (Å²) >= 11 is 19.0. The van der Waals surface area contributed by atoms with Crippen molar-refractivity contribution in [2.24, 2.45) is 0 Å². The van der Waals surface area contributed by atoms with Crippen LogP contribution in [0.1, 0.15) is 5.56 Å². The lowest BCUT2D eigenvalue weighted by molar-refractivity contribution is 0.324. The summed E-state index contributed by atoms with van der Waals surface area (Å²) in [6, 6.07) is 0. The zero-order chi connectivity index (χ0) is 19.0. The zero-order valence-corrected chi connectivity index (χ0v) is 16.1. The van der Waals surface area contributed by atoms with Gasteiger partial charge in [-0.05, 0) is 0 Å². The maximum absolute atomic E-state index is 6.47. The minimum absolute atomic E-state index is 0.00636. The van der Waals surface area contributed by atoms with E-state index in [1.54, 1.807) is 0 Å². The highest BCUT2D eigenvalue weighted by Crippen LogP contribution is 2.50. The molecular formula is C14H13Cl3N6O3. The largest absolute Gasteiger partial charge is 0.491 e. The van der Waals surface area contributed by atoms with Crippen LogP contribution in [0.2, 0.25) is 15.2 Å². The molecule has 2 aromatic heterocycles. The molecular weight excluding hydrogens is 407 g/mol. The number of nitrogens with two attached hydrogens (primary N) is 1. The van der Waals surface area contributed by atoms with E-state index in [2.05, 4.69) is 20.3 Å². The number of benzene rings is 1. The van der Waals surface area contributed by atoms with Crippen molar-refractivity contribution in [2.45, 2.75) is 6.54 Å². The van der Waals surface area contributed by atoms with Crippen molar-refractivity contribution < 1.29 is 14.2 Å². The molecule has 0 atom stereocenters. The third kappa shape index (κ3) is 2.91. The van der Waals surface area contributed by atoms with Gasteiger partial charge in [-0.3, -0.25) is 0 Å². The number of rotatable bonds is 5. The normalized spacial score (nSPS) is 11.0. The standard InChI is InChI=1S/C14H13Cl3N6O3/c1-24-9-6(15)5(7(16)10(25-2)11(9)26-3)4-23-13-8(21-22-23)12(17)19-14(18)20-13/h4H2,1-3H3,(H2,18,19,20). The van der Waals surface area contributed by atoms with Crippen molar-refractivity contribution in [3.8, 4) is 17.2 Å². The number of anilines is 1. The first kappa shape index (κ1) is 18.6. The molecule has 0 saturated heterocycles. The summed E-state index contributed by atoms with van der Waals surface area (Å²) in [5.41, 5.74) is 6.77. The third-order valence-electron chi connectivity index (χ3n) is 3.60. The van der Waals surface area contributed by atoms with Crippen molar-refractivity contribution >= 4 is 51.9 Å². The summed E-state index contributed by atoms with van der Waals surface area (Å²) in [5.74, 6) is 0.837. The zero-order valence-electron chi connectivity index (χ0n) is 13.9. The number of methoxy groups -OCH3 is 3.